The third kappa shape index (κ3) is 3.41. The molecule has 1 saturated heterocycles. The van der Waals surface area contributed by atoms with Gasteiger partial charge in [0.1, 0.15) is 12.4 Å². The van der Waals surface area contributed by atoms with E-state index in [0.717, 1.165) is 5.56 Å². The van der Waals surface area contributed by atoms with Crippen molar-refractivity contribution in [3.63, 3.8) is 0 Å². The first-order chi connectivity index (χ1) is 11.0. The van der Waals surface area contributed by atoms with E-state index in [4.69, 9.17) is 11.6 Å². The van der Waals surface area contributed by atoms with Crippen LogP contribution in [0.3, 0.4) is 0 Å². The van der Waals surface area contributed by atoms with E-state index in [1.54, 1.807) is 36.4 Å². The lowest BCUT2D eigenvalue weighted by Crippen LogP contribution is -2.90. The standard InChI is InChI=1S/C17H14ClFN2O2/c18-12-3-7-14(8-4-12)21-16(22)9-15(17(21)23)20-10-11-1-5-13(19)6-2-11/h1-8,15,20H,9-10H2/p+1. The van der Waals surface area contributed by atoms with Crippen LogP contribution >= 0.6 is 11.6 Å². The van der Waals surface area contributed by atoms with E-state index < -0.39 is 6.04 Å². The lowest BCUT2D eigenvalue weighted by molar-refractivity contribution is -0.690. The van der Waals surface area contributed by atoms with Gasteiger partial charge in [0.2, 0.25) is 5.91 Å². The fourth-order valence-electron chi connectivity index (χ4n) is 2.60. The molecule has 2 amide bonds. The minimum atomic E-state index is -0.455. The molecule has 2 N–H and O–H groups in total. The van der Waals surface area contributed by atoms with E-state index in [1.165, 1.54) is 17.0 Å². The minimum Gasteiger partial charge on any atom is -0.332 e. The van der Waals surface area contributed by atoms with Crippen LogP contribution in [0.5, 0.6) is 0 Å². The molecule has 1 heterocycles. The van der Waals surface area contributed by atoms with Gasteiger partial charge >= 0.3 is 0 Å². The zero-order chi connectivity index (χ0) is 16.4. The molecule has 0 aromatic heterocycles. The van der Waals surface area contributed by atoms with E-state index >= 15 is 0 Å². The normalized spacial score (nSPS) is 17.8. The van der Waals surface area contributed by atoms with Crippen molar-refractivity contribution in [3.8, 4) is 0 Å². The number of amides is 2. The van der Waals surface area contributed by atoms with E-state index in [2.05, 4.69) is 0 Å². The van der Waals surface area contributed by atoms with Crippen LogP contribution in [0, 0.1) is 5.82 Å². The minimum absolute atomic E-state index is 0.155. The molecule has 1 atom stereocenters. The Morgan fingerprint density at radius 3 is 2.39 bits per heavy atom. The predicted octanol–water partition coefficient (Wildman–Crippen LogP) is 1.87. The molecule has 3 rings (SSSR count). The average Bonchev–Trinajstić information content (AvgIpc) is 2.82. The molecule has 1 aliphatic heterocycles. The first-order valence-electron chi connectivity index (χ1n) is 7.25. The Labute approximate surface area is 137 Å². The van der Waals surface area contributed by atoms with Gasteiger partial charge in [-0.2, -0.15) is 0 Å². The highest BCUT2D eigenvalue weighted by molar-refractivity contribution is 6.30. The van der Waals surface area contributed by atoms with Crippen LogP contribution in [0.1, 0.15) is 12.0 Å². The Hall–Kier alpha value is -2.24. The summed E-state index contributed by atoms with van der Waals surface area (Å²) in [6.45, 7) is 0.512. The summed E-state index contributed by atoms with van der Waals surface area (Å²) < 4.78 is 12.9. The van der Waals surface area contributed by atoms with Gasteiger partial charge in [-0.25, -0.2) is 9.29 Å². The zero-order valence-corrected chi connectivity index (χ0v) is 13.0. The second-order valence-corrected chi connectivity index (χ2v) is 5.86. The fraction of sp³-hybridized carbons (Fsp3) is 0.176. The molecule has 0 spiro atoms. The van der Waals surface area contributed by atoms with Gasteiger partial charge < -0.3 is 5.32 Å². The Bertz CT molecular complexity index is 731. The molecule has 23 heavy (non-hydrogen) atoms. The van der Waals surface area contributed by atoms with E-state index in [-0.39, 0.29) is 24.1 Å². The van der Waals surface area contributed by atoms with Crippen LogP contribution in [0.15, 0.2) is 48.5 Å². The SMILES string of the molecule is O=C1CC([NH2+]Cc2ccc(F)cc2)C(=O)N1c1ccc(Cl)cc1. The second kappa shape index (κ2) is 6.48. The van der Waals surface area contributed by atoms with Gasteiger partial charge in [-0.05, 0) is 36.4 Å². The molecule has 2 aromatic carbocycles. The highest BCUT2D eigenvalue weighted by Crippen LogP contribution is 2.23. The zero-order valence-electron chi connectivity index (χ0n) is 12.2. The number of halogens is 2. The lowest BCUT2D eigenvalue weighted by Gasteiger charge is -2.14. The average molecular weight is 334 g/mol. The molecular formula is C17H15ClFN2O2+. The number of benzene rings is 2. The lowest BCUT2D eigenvalue weighted by atomic mass is 10.2. The van der Waals surface area contributed by atoms with Crippen molar-refractivity contribution >= 4 is 29.1 Å². The van der Waals surface area contributed by atoms with Crippen LogP contribution in [0.25, 0.3) is 0 Å². The van der Waals surface area contributed by atoms with Gasteiger partial charge in [-0.1, -0.05) is 23.7 Å². The van der Waals surface area contributed by atoms with Crippen LogP contribution < -0.4 is 10.2 Å². The Balaban J connectivity index is 1.68. The third-order valence-corrected chi connectivity index (χ3v) is 4.07. The first-order valence-corrected chi connectivity index (χ1v) is 7.62. The summed E-state index contributed by atoms with van der Waals surface area (Å²) in [4.78, 5) is 25.8. The highest BCUT2D eigenvalue weighted by Gasteiger charge is 2.42. The Morgan fingerprint density at radius 1 is 1.09 bits per heavy atom. The molecule has 6 heteroatoms. The second-order valence-electron chi connectivity index (χ2n) is 5.42. The number of carbonyl (C=O) groups excluding carboxylic acids is 2. The van der Waals surface area contributed by atoms with Crippen LogP contribution in [0.2, 0.25) is 5.02 Å². The fourth-order valence-corrected chi connectivity index (χ4v) is 2.73. The number of imide groups is 1. The first kappa shape index (κ1) is 15.6. The molecule has 118 valence electrons. The monoisotopic (exact) mass is 333 g/mol. The Morgan fingerprint density at radius 2 is 1.74 bits per heavy atom. The van der Waals surface area contributed by atoms with Gasteiger partial charge in [-0.3, -0.25) is 9.59 Å². The number of nitrogens with zero attached hydrogens (tertiary/aromatic N) is 1. The molecule has 0 aliphatic carbocycles. The van der Waals surface area contributed by atoms with Crippen molar-refractivity contribution in [1.82, 2.24) is 0 Å². The number of hydrogen-bond acceptors (Lipinski definition) is 2. The molecule has 0 radical (unpaired) electrons. The topological polar surface area (TPSA) is 54.0 Å². The van der Waals surface area contributed by atoms with Gasteiger partial charge in [0, 0.05) is 10.6 Å². The van der Waals surface area contributed by atoms with Crippen molar-refractivity contribution < 1.29 is 19.3 Å². The maximum atomic E-state index is 12.9. The smallest absolute Gasteiger partial charge is 0.292 e. The van der Waals surface area contributed by atoms with Crippen molar-refractivity contribution in [2.75, 3.05) is 4.90 Å². The molecule has 1 aliphatic rings. The van der Waals surface area contributed by atoms with Crippen molar-refractivity contribution in [2.24, 2.45) is 0 Å². The highest BCUT2D eigenvalue weighted by atomic mass is 35.5. The maximum Gasteiger partial charge on any atom is 0.292 e. The largest absolute Gasteiger partial charge is 0.332 e. The molecule has 0 bridgehead atoms. The van der Waals surface area contributed by atoms with E-state index in [1.807, 2.05) is 5.32 Å². The molecular weight excluding hydrogens is 319 g/mol. The number of anilines is 1. The molecule has 2 aromatic rings. The summed E-state index contributed by atoms with van der Waals surface area (Å²) in [5.41, 5.74) is 1.43. The maximum absolute atomic E-state index is 12.9. The summed E-state index contributed by atoms with van der Waals surface area (Å²) in [5, 5.41) is 2.36. The number of carbonyl (C=O) groups is 2. The Kier molecular flexibility index (Phi) is 4.41. The summed E-state index contributed by atoms with van der Waals surface area (Å²) in [6.07, 6.45) is 0.155. The summed E-state index contributed by atoms with van der Waals surface area (Å²) >= 11 is 5.83. The van der Waals surface area contributed by atoms with Crippen LogP contribution in [0.4, 0.5) is 10.1 Å². The molecule has 1 fully saturated rings. The van der Waals surface area contributed by atoms with Crippen LogP contribution in [-0.2, 0) is 16.1 Å². The van der Waals surface area contributed by atoms with Crippen LogP contribution in [-0.4, -0.2) is 17.9 Å². The van der Waals surface area contributed by atoms with Gasteiger partial charge in [0.25, 0.3) is 5.91 Å². The summed E-state index contributed by atoms with van der Waals surface area (Å²) in [6, 6.07) is 12.2. The van der Waals surface area contributed by atoms with Gasteiger partial charge in [0.05, 0.1) is 12.1 Å². The summed E-state index contributed by atoms with van der Waals surface area (Å²) in [7, 11) is 0. The summed E-state index contributed by atoms with van der Waals surface area (Å²) in [5.74, 6) is -0.758. The quantitative estimate of drug-likeness (QED) is 0.869. The van der Waals surface area contributed by atoms with Crippen molar-refractivity contribution in [1.29, 1.82) is 0 Å². The molecule has 1 unspecified atom stereocenters. The van der Waals surface area contributed by atoms with Gasteiger partial charge in [-0.15, -0.1) is 0 Å². The number of rotatable bonds is 4. The van der Waals surface area contributed by atoms with Gasteiger partial charge in [0.15, 0.2) is 6.04 Å². The van der Waals surface area contributed by atoms with E-state index in [9.17, 15) is 14.0 Å². The van der Waals surface area contributed by atoms with E-state index in [0.29, 0.717) is 17.3 Å². The molecule has 4 nitrogen and oxygen atoms in total. The number of hydrogen-bond donors (Lipinski definition) is 1. The number of quaternary nitrogens is 1. The predicted molar refractivity (Wildman–Crippen MR) is 84.4 cm³/mol. The molecule has 0 saturated carbocycles. The third-order valence-electron chi connectivity index (χ3n) is 3.82. The van der Waals surface area contributed by atoms with Crippen molar-refractivity contribution in [3.05, 3.63) is 64.9 Å². The van der Waals surface area contributed by atoms with Crippen molar-refractivity contribution in [2.45, 2.75) is 19.0 Å². The number of nitrogens with two attached hydrogens (primary N) is 1.